The molecule has 0 aliphatic heterocycles. The second-order valence-corrected chi connectivity index (χ2v) is 4.39. The van der Waals surface area contributed by atoms with Crippen molar-refractivity contribution in [3.05, 3.63) is 42.5 Å². The van der Waals surface area contributed by atoms with Gasteiger partial charge >= 0.3 is 6.18 Å². The first-order valence-corrected chi connectivity index (χ1v) is 6.25. The van der Waals surface area contributed by atoms with E-state index in [4.69, 9.17) is 0 Å². The van der Waals surface area contributed by atoms with E-state index < -0.39 is 11.7 Å². The number of carbonyl (C=O) groups excluding carboxylic acids is 1. The van der Waals surface area contributed by atoms with Crippen LogP contribution in [0.15, 0.2) is 36.9 Å². The molecule has 1 heterocycles. The van der Waals surface area contributed by atoms with Crippen LogP contribution < -0.4 is 5.32 Å². The molecule has 0 spiro atoms. The highest BCUT2D eigenvalue weighted by Gasteiger charge is 2.30. The smallest absolute Gasteiger partial charge is 0.326 e. The van der Waals surface area contributed by atoms with E-state index in [0.29, 0.717) is 13.0 Å². The third kappa shape index (κ3) is 4.59. The van der Waals surface area contributed by atoms with E-state index >= 15 is 0 Å². The highest BCUT2D eigenvalue weighted by Crippen LogP contribution is 2.30. The predicted octanol–water partition coefficient (Wildman–Crippen LogP) is 2.72. The second-order valence-electron chi connectivity index (χ2n) is 4.39. The van der Waals surface area contributed by atoms with Crippen LogP contribution in [0.5, 0.6) is 0 Å². The fourth-order valence-corrected chi connectivity index (χ4v) is 1.75. The summed E-state index contributed by atoms with van der Waals surface area (Å²) in [6.07, 6.45) is -0.786. The summed E-state index contributed by atoms with van der Waals surface area (Å²) < 4.78 is 39.2. The first kappa shape index (κ1) is 15.0. The number of rotatable bonds is 5. The Hall–Kier alpha value is -2.38. The van der Waals surface area contributed by atoms with E-state index in [0.717, 1.165) is 12.1 Å². The Kier molecular flexibility index (Phi) is 4.56. The SMILES string of the molecule is O=C(CCCn1cncn1)Nc1cccc(C(F)(F)F)c1. The number of alkyl halides is 3. The number of nitrogens with zero attached hydrogens (tertiary/aromatic N) is 3. The number of hydrogen-bond donors (Lipinski definition) is 1. The minimum Gasteiger partial charge on any atom is -0.326 e. The molecule has 112 valence electrons. The molecule has 1 aromatic heterocycles. The highest BCUT2D eigenvalue weighted by molar-refractivity contribution is 5.90. The number of aryl methyl sites for hydroxylation is 1. The van der Waals surface area contributed by atoms with Crippen molar-refractivity contribution in [2.24, 2.45) is 0 Å². The largest absolute Gasteiger partial charge is 0.416 e. The molecule has 1 N–H and O–H groups in total. The zero-order valence-corrected chi connectivity index (χ0v) is 11.0. The second kappa shape index (κ2) is 6.38. The molecule has 0 unspecified atom stereocenters. The van der Waals surface area contributed by atoms with Gasteiger partial charge in [-0.3, -0.25) is 9.48 Å². The quantitative estimate of drug-likeness (QED) is 0.923. The first-order chi connectivity index (χ1) is 9.95. The minimum atomic E-state index is -4.42. The van der Waals surface area contributed by atoms with E-state index in [1.807, 2.05) is 0 Å². The summed E-state index contributed by atoms with van der Waals surface area (Å²) in [7, 11) is 0. The molecule has 5 nitrogen and oxygen atoms in total. The van der Waals surface area contributed by atoms with Gasteiger partial charge in [0.15, 0.2) is 0 Å². The summed E-state index contributed by atoms with van der Waals surface area (Å²) in [6.45, 7) is 0.524. The number of hydrogen-bond acceptors (Lipinski definition) is 3. The van der Waals surface area contributed by atoms with E-state index in [9.17, 15) is 18.0 Å². The Labute approximate surface area is 118 Å². The van der Waals surface area contributed by atoms with Crippen LogP contribution in [0.2, 0.25) is 0 Å². The number of carbonyl (C=O) groups is 1. The molecular formula is C13H13F3N4O. The number of aromatic nitrogens is 3. The van der Waals surface area contributed by atoms with Gasteiger partial charge in [-0.05, 0) is 24.6 Å². The number of nitrogens with one attached hydrogen (secondary N) is 1. The van der Waals surface area contributed by atoms with E-state index in [2.05, 4.69) is 15.4 Å². The third-order valence-corrected chi connectivity index (χ3v) is 2.73. The molecule has 0 atom stereocenters. The van der Waals surface area contributed by atoms with Crippen molar-refractivity contribution in [3.63, 3.8) is 0 Å². The summed E-state index contributed by atoms with van der Waals surface area (Å²) in [5, 5.41) is 6.33. The molecule has 0 aliphatic rings. The van der Waals surface area contributed by atoms with Gasteiger partial charge in [0.25, 0.3) is 0 Å². The average Bonchev–Trinajstić information content (AvgIpc) is 2.91. The van der Waals surface area contributed by atoms with Gasteiger partial charge in [0.1, 0.15) is 12.7 Å². The van der Waals surface area contributed by atoms with Crippen LogP contribution in [-0.2, 0) is 17.5 Å². The lowest BCUT2D eigenvalue weighted by Crippen LogP contribution is -2.13. The van der Waals surface area contributed by atoms with Crippen molar-refractivity contribution < 1.29 is 18.0 Å². The van der Waals surface area contributed by atoms with Crippen molar-refractivity contribution in [3.8, 4) is 0 Å². The molecule has 21 heavy (non-hydrogen) atoms. The van der Waals surface area contributed by atoms with Crippen molar-refractivity contribution in [2.45, 2.75) is 25.6 Å². The Morgan fingerprint density at radius 1 is 1.33 bits per heavy atom. The Bertz CT molecular complexity index is 596. The molecule has 2 rings (SSSR count). The maximum Gasteiger partial charge on any atom is 0.416 e. The van der Waals surface area contributed by atoms with Crippen LogP contribution in [0.4, 0.5) is 18.9 Å². The van der Waals surface area contributed by atoms with Crippen molar-refractivity contribution >= 4 is 11.6 Å². The molecule has 0 saturated carbocycles. The monoisotopic (exact) mass is 298 g/mol. The normalized spacial score (nSPS) is 11.4. The molecule has 2 aromatic rings. The van der Waals surface area contributed by atoms with Gasteiger partial charge in [0.05, 0.1) is 5.56 Å². The molecule has 0 fully saturated rings. The van der Waals surface area contributed by atoms with Gasteiger partial charge in [-0.15, -0.1) is 0 Å². The number of amides is 1. The zero-order chi connectivity index (χ0) is 15.3. The molecule has 0 saturated heterocycles. The standard InChI is InChI=1S/C13H13F3N4O/c14-13(15,16)10-3-1-4-11(7-10)19-12(21)5-2-6-20-9-17-8-18-20/h1,3-4,7-9H,2,5-6H2,(H,19,21). The van der Waals surface area contributed by atoms with Crippen LogP contribution in [0.3, 0.4) is 0 Å². The van der Waals surface area contributed by atoms with Gasteiger partial charge in [-0.1, -0.05) is 6.07 Å². The lowest BCUT2D eigenvalue weighted by Gasteiger charge is -2.09. The van der Waals surface area contributed by atoms with Crippen LogP contribution in [0.25, 0.3) is 0 Å². The van der Waals surface area contributed by atoms with Gasteiger partial charge in [-0.25, -0.2) is 4.98 Å². The zero-order valence-electron chi connectivity index (χ0n) is 11.0. The average molecular weight is 298 g/mol. The summed E-state index contributed by atoms with van der Waals surface area (Å²) >= 11 is 0. The maximum atomic E-state index is 12.5. The fourth-order valence-electron chi connectivity index (χ4n) is 1.75. The van der Waals surface area contributed by atoms with Crippen molar-refractivity contribution in [1.29, 1.82) is 0 Å². The third-order valence-electron chi connectivity index (χ3n) is 2.73. The Balaban J connectivity index is 1.85. The molecule has 1 amide bonds. The van der Waals surface area contributed by atoms with E-state index in [1.165, 1.54) is 24.8 Å². The lowest BCUT2D eigenvalue weighted by molar-refractivity contribution is -0.137. The lowest BCUT2D eigenvalue weighted by atomic mass is 10.2. The molecule has 1 aromatic carbocycles. The summed E-state index contributed by atoms with van der Waals surface area (Å²) in [4.78, 5) is 15.4. The number of benzene rings is 1. The van der Waals surface area contributed by atoms with Gasteiger partial charge in [-0.2, -0.15) is 18.3 Å². The summed E-state index contributed by atoms with van der Waals surface area (Å²) in [6, 6.07) is 4.55. The first-order valence-electron chi connectivity index (χ1n) is 6.25. The molecule has 0 bridgehead atoms. The minimum absolute atomic E-state index is 0.135. The van der Waals surface area contributed by atoms with Crippen LogP contribution in [0, 0.1) is 0 Å². The van der Waals surface area contributed by atoms with Crippen molar-refractivity contribution in [1.82, 2.24) is 14.8 Å². The summed E-state index contributed by atoms with van der Waals surface area (Å²) in [5.74, 6) is -0.338. The fraction of sp³-hybridized carbons (Fsp3) is 0.308. The van der Waals surface area contributed by atoms with Gasteiger partial charge in [0.2, 0.25) is 5.91 Å². The predicted molar refractivity (Wildman–Crippen MR) is 69.3 cm³/mol. The molecule has 0 radical (unpaired) electrons. The van der Waals surface area contributed by atoms with E-state index in [1.54, 1.807) is 4.68 Å². The van der Waals surface area contributed by atoms with Crippen molar-refractivity contribution in [2.75, 3.05) is 5.32 Å². The number of halogens is 3. The van der Waals surface area contributed by atoms with Crippen LogP contribution in [0.1, 0.15) is 18.4 Å². The highest BCUT2D eigenvalue weighted by atomic mass is 19.4. The maximum absolute atomic E-state index is 12.5. The Morgan fingerprint density at radius 3 is 2.81 bits per heavy atom. The van der Waals surface area contributed by atoms with Gasteiger partial charge < -0.3 is 5.32 Å². The molecular weight excluding hydrogens is 285 g/mol. The summed E-state index contributed by atoms with van der Waals surface area (Å²) in [5.41, 5.74) is -0.654. The Morgan fingerprint density at radius 2 is 2.14 bits per heavy atom. The van der Waals surface area contributed by atoms with Crippen LogP contribution >= 0.6 is 0 Å². The molecule has 8 heteroatoms. The molecule has 0 aliphatic carbocycles. The number of anilines is 1. The topological polar surface area (TPSA) is 59.8 Å². The van der Waals surface area contributed by atoms with Crippen LogP contribution in [-0.4, -0.2) is 20.7 Å². The van der Waals surface area contributed by atoms with E-state index in [-0.39, 0.29) is 18.0 Å². The van der Waals surface area contributed by atoms with Gasteiger partial charge in [0, 0.05) is 18.7 Å².